The van der Waals surface area contributed by atoms with E-state index in [1.54, 1.807) is 0 Å². The number of hydrogen-bond acceptors (Lipinski definition) is 1. The molecule has 2 atom stereocenters. The van der Waals surface area contributed by atoms with Crippen LogP contribution in [-0.2, 0) is 0 Å². The zero-order valence-corrected chi connectivity index (χ0v) is 18.0. The van der Waals surface area contributed by atoms with Crippen LogP contribution in [0.2, 0.25) is 0 Å². The van der Waals surface area contributed by atoms with Gasteiger partial charge in [-0.15, -0.1) is 0 Å². The van der Waals surface area contributed by atoms with E-state index in [2.05, 4.69) is 103 Å². The summed E-state index contributed by atoms with van der Waals surface area (Å²) in [4.78, 5) is 0. The molecule has 0 aliphatic heterocycles. The van der Waals surface area contributed by atoms with Gasteiger partial charge in [0.15, 0.2) is 8.07 Å². The number of aliphatic hydroxyl groups is 1. The standard InChI is InChI=1S/C27H30OSi/c28-27-21-11-10-13-23(27)14-12-22-29(24-15-4-1-5-16-24,25-17-6-2-7-18-25)26-19-8-3-9-20-26/h1-9,12,15-20,22-23,27-28H,10-11,13-14,21H2/b22-12+/t23-,27+/m0/s1. The fourth-order valence-corrected chi connectivity index (χ4v) is 9.00. The van der Waals surface area contributed by atoms with Gasteiger partial charge in [-0.05, 0) is 40.7 Å². The molecule has 1 aliphatic carbocycles. The molecule has 3 aromatic carbocycles. The molecular formula is C27H30OSi. The SMILES string of the molecule is O[C@@H]1CCCC[C@H]1C/C=C/[Si](c1ccccc1)(c1ccccc1)c1ccccc1. The van der Waals surface area contributed by atoms with E-state index in [1.807, 2.05) is 0 Å². The first kappa shape index (κ1) is 19.9. The van der Waals surface area contributed by atoms with Crippen molar-refractivity contribution in [1.29, 1.82) is 0 Å². The Morgan fingerprint density at radius 1 is 0.690 bits per heavy atom. The van der Waals surface area contributed by atoms with Crippen LogP contribution in [-0.4, -0.2) is 19.3 Å². The summed E-state index contributed by atoms with van der Waals surface area (Å²) in [6, 6.07) is 32.9. The maximum Gasteiger partial charge on any atom is 0.172 e. The van der Waals surface area contributed by atoms with Crippen molar-refractivity contribution in [2.45, 2.75) is 38.2 Å². The summed E-state index contributed by atoms with van der Waals surface area (Å²) in [5, 5.41) is 14.6. The van der Waals surface area contributed by atoms with Gasteiger partial charge in [0.1, 0.15) is 0 Å². The lowest BCUT2D eigenvalue weighted by Gasteiger charge is -2.31. The molecule has 1 fully saturated rings. The number of aliphatic hydroxyl groups excluding tert-OH is 1. The van der Waals surface area contributed by atoms with Gasteiger partial charge < -0.3 is 5.11 Å². The lowest BCUT2D eigenvalue weighted by atomic mass is 9.84. The molecule has 1 aliphatic rings. The highest BCUT2D eigenvalue weighted by molar-refractivity contribution is 7.14. The Morgan fingerprint density at radius 2 is 1.14 bits per heavy atom. The van der Waals surface area contributed by atoms with Crippen molar-refractivity contribution in [3.63, 3.8) is 0 Å². The van der Waals surface area contributed by atoms with E-state index in [-0.39, 0.29) is 6.10 Å². The fraction of sp³-hybridized carbons (Fsp3) is 0.259. The molecule has 0 saturated heterocycles. The molecule has 2 heteroatoms. The highest BCUT2D eigenvalue weighted by Gasteiger charge is 2.36. The molecule has 0 aromatic heterocycles. The molecule has 3 aromatic rings. The largest absolute Gasteiger partial charge is 0.393 e. The van der Waals surface area contributed by atoms with E-state index in [0.29, 0.717) is 5.92 Å². The minimum Gasteiger partial charge on any atom is -0.393 e. The van der Waals surface area contributed by atoms with E-state index in [0.717, 1.165) is 25.7 Å². The molecule has 0 amide bonds. The molecule has 1 N–H and O–H groups in total. The second-order valence-corrected chi connectivity index (χ2v) is 11.8. The van der Waals surface area contributed by atoms with Crippen LogP contribution in [0.5, 0.6) is 0 Å². The Kier molecular flexibility index (Phi) is 6.43. The van der Waals surface area contributed by atoms with Crippen LogP contribution in [0.1, 0.15) is 32.1 Å². The Morgan fingerprint density at radius 3 is 1.59 bits per heavy atom. The molecule has 0 unspecified atom stereocenters. The van der Waals surface area contributed by atoms with Gasteiger partial charge in [-0.1, -0.05) is 116 Å². The van der Waals surface area contributed by atoms with Gasteiger partial charge in [0, 0.05) is 0 Å². The van der Waals surface area contributed by atoms with Crippen LogP contribution in [0.15, 0.2) is 103 Å². The van der Waals surface area contributed by atoms with Crippen LogP contribution in [0, 0.1) is 5.92 Å². The number of benzene rings is 3. The topological polar surface area (TPSA) is 20.2 Å². The molecular weight excluding hydrogens is 368 g/mol. The Hall–Kier alpha value is -2.42. The van der Waals surface area contributed by atoms with Crippen LogP contribution < -0.4 is 15.6 Å². The van der Waals surface area contributed by atoms with Gasteiger partial charge in [-0.2, -0.15) is 0 Å². The van der Waals surface area contributed by atoms with Gasteiger partial charge in [-0.3, -0.25) is 0 Å². The first-order chi connectivity index (χ1) is 14.3. The number of hydrogen-bond donors (Lipinski definition) is 1. The van der Waals surface area contributed by atoms with Crippen molar-refractivity contribution in [1.82, 2.24) is 0 Å². The zero-order valence-electron chi connectivity index (χ0n) is 17.0. The molecule has 29 heavy (non-hydrogen) atoms. The smallest absolute Gasteiger partial charge is 0.172 e. The van der Waals surface area contributed by atoms with Crippen molar-refractivity contribution in [3.8, 4) is 0 Å². The third kappa shape index (κ3) is 4.29. The van der Waals surface area contributed by atoms with Crippen LogP contribution >= 0.6 is 0 Å². The van der Waals surface area contributed by atoms with Crippen molar-refractivity contribution in [3.05, 3.63) is 103 Å². The highest BCUT2D eigenvalue weighted by Crippen LogP contribution is 2.27. The van der Waals surface area contributed by atoms with Crippen molar-refractivity contribution in [2.75, 3.05) is 0 Å². The average Bonchev–Trinajstić information content (AvgIpc) is 2.80. The Labute approximate surface area is 175 Å². The predicted molar refractivity (Wildman–Crippen MR) is 126 cm³/mol. The van der Waals surface area contributed by atoms with Gasteiger partial charge in [0.05, 0.1) is 6.10 Å². The summed E-state index contributed by atoms with van der Waals surface area (Å²) < 4.78 is 0. The van der Waals surface area contributed by atoms with Gasteiger partial charge >= 0.3 is 0 Å². The van der Waals surface area contributed by atoms with Crippen molar-refractivity contribution in [2.24, 2.45) is 5.92 Å². The van der Waals surface area contributed by atoms with E-state index >= 15 is 0 Å². The number of allylic oxidation sites excluding steroid dienone is 1. The second-order valence-electron chi connectivity index (χ2n) is 8.16. The predicted octanol–water partition coefficient (Wildman–Crippen LogP) is 4.19. The molecule has 0 heterocycles. The summed E-state index contributed by atoms with van der Waals surface area (Å²) in [7, 11) is -2.29. The van der Waals surface area contributed by atoms with Crippen LogP contribution in [0.25, 0.3) is 0 Å². The summed E-state index contributed by atoms with van der Waals surface area (Å²) >= 11 is 0. The molecule has 148 valence electrons. The fourth-order valence-electron chi connectivity index (χ4n) is 4.77. The third-order valence-electron chi connectivity index (χ3n) is 6.36. The molecule has 0 spiro atoms. The van der Waals surface area contributed by atoms with E-state index in [4.69, 9.17) is 0 Å². The third-order valence-corrected chi connectivity index (χ3v) is 10.8. The minimum atomic E-state index is -2.29. The second kappa shape index (κ2) is 9.38. The summed E-state index contributed by atoms with van der Waals surface area (Å²) in [5.74, 6) is 0.397. The Balaban J connectivity index is 1.80. The van der Waals surface area contributed by atoms with E-state index in [9.17, 15) is 5.11 Å². The maximum absolute atomic E-state index is 10.4. The molecule has 1 nitrogen and oxygen atoms in total. The maximum atomic E-state index is 10.4. The van der Waals surface area contributed by atoms with Crippen LogP contribution in [0.4, 0.5) is 0 Å². The molecule has 4 rings (SSSR count). The van der Waals surface area contributed by atoms with E-state index in [1.165, 1.54) is 22.0 Å². The van der Waals surface area contributed by atoms with Gasteiger partial charge in [0.25, 0.3) is 0 Å². The van der Waals surface area contributed by atoms with Gasteiger partial charge in [0.2, 0.25) is 0 Å². The Bertz CT molecular complexity index is 808. The summed E-state index contributed by atoms with van der Waals surface area (Å²) in [6.07, 6.45) is 7.70. The van der Waals surface area contributed by atoms with Crippen LogP contribution in [0.3, 0.4) is 0 Å². The molecule has 0 bridgehead atoms. The normalized spacial score (nSPS) is 20.0. The van der Waals surface area contributed by atoms with Gasteiger partial charge in [-0.25, -0.2) is 0 Å². The summed E-state index contributed by atoms with van der Waals surface area (Å²) in [6.45, 7) is 0. The lowest BCUT2D eigenvalue weighted by Crippen LogP contribution is -2.66. The first-order valence-corrected chi connectivity index (χ1v) is 12.9. The van der Waals surface area contributed by atoms with E-state index < -0.39 is 8.07 Å². The lowest BCUT2D eigenvalue weighted by molar-refractivity contribution is 0.0714. The van der Waals surface area contributed by atoms with Crippen molar-refractivity contribution < 1.29 is 5.11 Å². The minimum absolute atomic E-state index is 0.144. The summed E-state index contributed by atoms with van der Waals surface area (Å²) in [5.41, 5.74) is 2.51. The number of rotatable bonds is 6. The molecule has 1 saturated carbocycles. The zero-order chi connectivity index (χ0) is 19.9. The highest BCUT2D eigenvalue weighted by atomic mass is 28.3. The average molecular weight is 399 g/mol. The monoisotopic (exact) mass is 398 g/mol. The first-order valence-electron chi connectivity index (χ1n) is 10.8. The molecule has 0 radical (unpaired) electrons. The van der Waals surface area contributed by atoms with Crippen molar-refractivity contribution >= 4 is 23.6 Å². The quantitative estimate of drug-likeness (QED) is 0.487.